The van der Waals surface area contributed by atoms with Crippen LogP contribution in [0.4, 0.5) is 4.79 Å². The molecule has 0 fully saturated rings. The highest BCUT2D eigenvalue weighted by Gasteiger charge is 2.27. The number of carbonyl (C=O) groups excluding carboxylic acids is 1. The number of rotatable bonds is 5. The van der Waals surface area contributed by atoms with Gasteiger partial charge < -0.3 is 0 Å². The molecule has 0 saturated carbocycles. The predicted molar refractivity (Wildman–Crippen MR) is 58.2 cm³/mol. The van der Waals surface area contributed by atoms with E-state index in [9.17, 15) is 4.79 Å². The third kappa shape index (κ3) is 5.59. The minimum absolute atomic E-state index is 0.425. The first kappa shape index (κ1) is 14.2. The van der Waals surface area contributed by atoms with Crippen LogP contribution in [0.5, 0.6) is 0 Å². The lowest BCUT2D eigenvalue weighted by Gasteiger charge is -2.33. The largest absolute Gasteiger partial charge is 0.455 e. The Kier molecular flexibility index (Phi) is 6.27. The molecule has 0 aromatic carbocycles. The summed E-state index contributed by atoms with van der Waals surface area (Å²) in [6.07, 6.45) is 2.45. The van der Waals surface area contributed by atoms with Crippen molar-refractivity contribution >= 4 is 6.09 Å². The second-order valence-electron chi connectivity index (χ2n) is 4.48. The molecule has 0 aliphatic heterocycles. The maximum absolute atomic E-state index is 11.2. The molecular weight excluding hydrogens is 196 g/mol. The first-order valence-corrected chi connectivity index (χ1v) is 5.32. The first-order valence-electron chi connectivity index (χ1n) is 5.32. The van der Waals surface area contributed by atoms with E-state index in [1.165, 1.54) is 5.01 Å². The Balaban J connectivity index is 4.09. The van der Waals surface area contributed by atoms with Gasteiger partial charge in [0.25, 0.3) is 0 Å². The second-order valence-corrected chi connectivity index (χ2v) is 4.48. The fourth-order valence-electron chi connectivity index (χ4n) is 1.18. The lowest BCUT2D eigenvalue weighted by molar-refractivity contribution is -0.196. The minimum atomic E-state index is -0.779. The summed E-state index contributed by atoms with van der Waals surface area (Å²) in [5, 5.41) is 9.63. The van der Waals surface area contributed by atoms with Crippen molar-refractivity contribution in [2.75, 3.05) is 6.54 Å². The Morgan fingerprint density at radius 1 is 1.40 bits per heavy atom. The summed E-state index contributed by atoms with van der Waals surface area (Å²) in [7, 11) is 0. The number of carbonyl (C=O) groups is 1. The zero-order valence-electron chi connectivity index (χ0n) is 10.0. The highest BCUT2D eigenvalue weighted by molar-refractivity contribution is 5.67. The fourth-order valence-corrected chi connectivity index (χ4v) is 1.18. The van der Waals surface area contributed by atoms with Gasteiger partial charge >= 0.3 is 6.09 Å². The lowest BCUT2D eigenvalue weighted by atomic mass is 10.1. The summed E-state index contributed by atoms with van der Waals surface area (Å²) in [6, 6.07) is 0. The van der Waals surface area contributed by atoms with Crippen molar-refractivity contribution < 1.29 is 14.9 Å². The number of nitrogens with one attached hydrogen (secondary N) is 1. The zero-order chi connectivity index (χ0) is 11.9. The van der Waals surface area contributed by atoms with Crippen LogP contribution >= 0.6 is 0 Å². The van der Waals surface area contributed by atoms with Gasteiger partial charge in [0, 0.05) is 6.54 Å². The number of nitrogens with zero attached hydrogens (tertiary/aromatic N) is 1. The molecule has 15 heavy (non-hydrogen) atoms. The van der Waals surface area contributed by atoms with Crippen LogP contribution in [0, 0.1) is 0 Å². The fraction of sp³-hybridized carbons (Fsp3) is 0.900. The molecule has 0 saturated heterocycles. The molecule has 0 bridgehead atoms. The van der Waals surface area contributed by atoms with E-state index >= 15 is 0 Å². The molecule has 2 N–H and O–H groups in total. The van der Waals surface area contributed by atoms with Crippen molar-refractivity contribution in [2.45, 2.75) is 52.5 Å². The number of hydrogen-bond donors (Lipinski definition) is 2. The van der Waals surface area contributed by atoms with Crippen molar-refractivity contribution in [3.63, 3.8) is 0 Å². The maximum atomic E-state index is 11.2. The van der Waals surface area contributed by atoms with Crippen LogP contribution in [0.25, 0.3) is 0 Å². The minimum Gasteiger partial charge on any atom is -0.277 e. The first-order chi connectivity index (χ1) is 6.93. The van der Waals surface area contributed by atoms with Crippen molar-refractivity contribution in [3.8, 4) is 0 Å². The van der Waals surface area contributed by atoms with Gasteiger partial charge in [-0.1, -0.05) is 19.8 Å². The summed E-state index contributed by atoms with van der Waals surface area (Å²) in [6.45, 7) is 8.38. The van der Waals surface area contributed by atoms with Gasteiger partial charge in [-0.25, -0.2) is 15.2 Å². The summed E-state index contributed by atoms with van der Waals surface area (Å²) in [5.74, 6) is 0. The van der Waals surface area contributed by atoms with E-state index in [2.05, 4.69) is 17.2 Å². The average Bonchev–Trinajstić information content (AvgIpc) is 2.15. The zero-order valence-corrected chi connectivity index (χ0v) is 10.0. The van der Waals surface area contributed by atoms with E-state index in [0.29, 0.717) is 6.54 Å². The topological polar surface area (TPSA) is 61.8 Å². The van der Waals surface area contributed by atoms with Crippen molar-refractivity contribution in [1.82, 2.24) is 10.4 Å². The van der Waals surface area contributed by atoms with Crippen LogP contribution in [0.1, 0.15) is 47.0 Å². The molecule has 0 aromatic rings. The quantitative estimate of drug-likeness (QED) is 0.422. The van der Waals surface area contributed by atoms with Gasteiger partial charge in [-0.15, -0.1) is 0 Å². The van der Waals surface area contributed by atoms with Gasteiger partial charge in [0.2, 0.25) is 0 Å². The molecule has 1 amide bonds. The third-order valence-electron chi connectivity index (χ3n) is 1.98. The summed E-state index contributed by atoms with van der Waals surface area (Å²) < 4.78 is 0. The highest BCUT2D eigenvalue weighted by atomic mass is 17.1. The van der Waals surface area contributed by atoms with Gasteiger partial charge in [-0.05, 0) is 27.2 Å². The Labute approximate surface area is 91.3 Å². The highest BCUT2D eigenvalue weighted by Crippen LogP contribution is 2.11. The molecule has 0 rings (SSSR count). The molecule has 5 heteroatoms. The van der Waals surface area contributed by atoms with E-state index < -0.39 is 11.6 Å². The molecular formula is C10H22N2O3. The molecule has 0 aromatic heterocycles. The number of hydrogen-bond acceptors (Lipinski definition) is 4. The van der Waals surface area contributed by atoms with Gasteiger partial charge in [0.05, 0.1) is 5.54 Å². The van der Waals surface area contributed by atoms with Gasteiger partial charge in [0.15, 0.2) is 0 Å². The van der Waals surface area contributed by atoms with E-state index in [-0.39, 0.29) is 0 Å². The van der Waals surface area contributed by atoms with Crippen molar-refractivity contribution in [3.05, 3.63) is 0 Å². The summed E-state index contributed by atoms with van der Waals surface area (Å²) in [5.41, 5.74) is 2.52. The van der Waals surface area contributed by atoms with Gasteiger partial charge in [0.1, 0.15) is 0 Å². The summed E-state index contributed by atoms with van der Waals surface area (Å²) >= 11 is 0. The Morgan fingerprint density at radius 2 is 2.00 bits per heavy atom. The Bertz CT molecular complexity index is 190. The smallest absolute Gasteiger partial charge is 0.277 e. The average molecular weight is 218 g/mol. The van der Waals surface area contributed by atoms with E-state index in [4.69, 9.17) is 5.26 Å². The molecule has 5 nitrogen and oxygen atoms in total. The van der Waals surface area contributed by atoms with Crippen molar-refractivity contribution in [1.29, 1.82) is 0 Å². The van der Waals surface area contributed by atoms with Crippen LogP contribution in [0.3, 0.4) is 0 Å². The van der Waals surface area contributed by atoms with Crippen LogP contribution in [-0.4, -0.2) is 28.4 Å². The van der Waals surface area contributed by atoms with E-state index in [0.717, 1.165) is 19.3 Å². The lowest BCUT2D eigenvalue weighted by Crippen LogP contribution is -2.54. The molecule has 0 atom stereocenters. The molecule has 0 aliphatic rings. The Hall–Kier alpha value is -0.810. The normalized spacial score (nSPS) is 11.3. The Morgan fingerprint density at radius 3 is 2.40 bits per heavy atom. The van der Waals surface area contributed by atoms with Gasteiger partial charge in [-0.3, -0.25) is 4.89 Å². The molecule has 0 unspecified atom stereocenters. The van der Waals surface area contributed by atoms with Crippen LogP contribution in [0.15, 0.2) is 0 Å². The predicted octanol–water partition coefficient (Wildman–Crippen LogP) is 2.39. The summed E-state index contributed by atoms with van der Waals surface area (Å²) in [4.78, 5) is 14.9. The second kappa shape index (κ2) is 6.63. The third-order valence-corrected chi connectivity index (χ3v) is 1.98. The van der Waals surface area contributed by atoms with Crippen LogP contribution in [0.2, 0.25) is 0 Å². The molecule has 0 aliphatic carbocycles. The standard InChI is InChI=1S/C10H22N2O3/c1-5-6-7-8-11-12(9(13)15-14)10(2,3)4/h11,14H,5-8H2,1-4H3. The number of hydrazine groups is 1. The number of unbranched alkanes of at least 4 members (excludes halogenated alkanes) is 2. The monoisotopic (exact) mass is 218 g/mol. The van der Waals surface area contributed by atoms with Crippen molar-refractivity contribution in [2.24, 2.45) is 0 Å². The molecule has 0 heterocycles. The van der Waals surface area contributed by atoms with Gasteiger partial charge in [-0.2, -0.15) is 5.26 Å². The van der Waals surface area contributed by atoms with Crippen LogP contribution in [-0.2, 0) is 4.89 Å². The molecule has 90 valence electrons. The SMILES string of the molecule is CCCCCNN(C(=O)OO)C(C)(C)C. The molecule has 0 spiro atoms. The molecule has 0 radical (unpaired) electrons. The van der Waals surface area contributed by atoms with E-state index in [1.807, 2.05) is 20.8 Å². The van der Waals surface area contributed by atoms with Crippen LogP contribution < -0.4 is 5.43 Å². The maximum Gasteiger partial charge on any atom is 0.455 e. The number of amides is 1. The van der Waals surface area contributed by atoms with E-state index in [1.54, 1.807) is 0 Å².